The van der Waals surface area contributed by atoms with Gasteiger partial charge in [-0.15, -0.1) is 0 Å². The first-order valence-corrected chi connectivity index (χ1v) is 8.25. The van der Waals surface area contributed by atoms with Crippen LogP contribution < -0.4 is 10.6 Å². The lowest BCUT2D eigenvalue weighted by atomic mass is 9.82. The van der Waals surface area contributed by atoms with E-state index in [0.29, 0.717) is 30.5 Å². The molecule has 2 aliphatic heterocycles. The average Bonchev–Trinajstić information content (AvgIpc) is 3.05. The second-order valence-electron chi connectivity index (χ2n) is 6.86. The Balaban J connectivity index is 1.66. The smallest absolute Gasteiger partial charge is 0.415 e. The zero-order valence-electron chi connectivity index (χ0n) is 13.1. The molecule has 4 rings (SSSR count). The summed E-state index contributed by atoms with van der Waals surface area (Å²) in [6.07, 6.45) is 1.31. The SMILES string of the molecule is NC(=O)C1OC(=O)N2c3cc(F)c(C4CCC(O)CC4)cc3C[C@@H]12. The Morgan fingerprint density at radius 3 is 2.67 bits per heavy atom. The number of nitrogens with two attached hydrogens (primary N) is 1. The van der Waals surface area contributed by atoms with Crippen LogP contribution in [0, 0.1) is 5.82 Å². The lowest BCUT2D eigenvalue weighted by Crippen LogP contribution is -2.41. The van der Waals surface area contributed by atoms with Crippen LogP contribution in [0.5, 0.6) is 0 Å². The van der Waals surface area contributed by atoms with Crippen molar-refractivity contribution in [3.05, 3.63) is 29.1 Å². The van der Waals surface area contributed by atoms with E-state index in [1.54, 1.807) is 6.07 Å². The minimum Gasteiger partial charge on any atom is -0.433 e. The van der Waals surface area contributed by atoms with Gasteiger partial charge >= 0.3 is 6.09 Å². The molecule has 6 nitrogen and oxygen atoms in total. The van der Waals surface area contributed by atoms with Crippen LogP contribution in [0.4, 0.5) is 14.9 Å². The van der Waals surface area contributed by atoms with Crippen LogP contribution in [-0.4, -0.2) is 35.4 Å². The van der Waals surface area contributed by atoms with Gasteiger partial charge in [0.2, 0.25) is 6.10 Å². The summed E-state index contributed by atoms with van der Waals surface area (Å²) in [7, 11) is 0. The molecule has 1 aliphatic carbocycles. The van der Waals surface area contributed by atoms with Crippen LogP contribution >= 0.6 is 0 Å². The molecule has 0 radical (unpaired) electrons. The highest BCUT2D eigenvalue weighted by molar-refractivity contribution is 5.98. The van der Waals surface area contributed by atoms with Crippen molar-refractivity contribution in [1.29, 1.82) is 0 Å². The van der Waals surface area contributed by atoms with Crippen molar-refractivity contribution in [1.82, 2.24) is 0 Å². The highest BCUT2D eigenvalue weighted by Gasteiger charge is 2.50. The van der Waals surface area contributed by atoms with E-state index < -0.39 is 24.1 Å². The largest absolute Gasteiger partial charge is 0.433 e. The average molecular weight is 334 g/mol. The van der Waals surface area contributed by atoms with Crippen molar-refractivity contribution >= 4 is 17.7 Å². The minimum atomic E-state index is -0.999. The van der Waals surface area contributed by atoms with Gasteiger partial charge in [0.25, 0.3) is 5.91 Å². The number of anilines is 1. The maximum absolute atomic E-state index is 14.6. The van der Waals surface area contributed by atoms with Gasteiger partial charge in [0.05, 0.1) is 17.8 Å². The molecule has 2 fully saturated rings. The summed E-state index contributed by atoms with van der Waals surface area (Å²) < 4.78 is 19.6. The summed E-state index contributed by atoms with van der Waals surface area (Å²) in [5.74, 6) is -0.968. The number of hydrogen-bond acceptors (Lipinski definition) is 4. The zero-order chi connectivity index (χ0) is 17.0. The molecule has 128 valence electrons. The van der Waals surface area contributed by atoms with E-state index in [9.17, 15) is 19.1 Å². The number of hydrogen-bond donors (Lipinski definition) is 2. The van der Waals surface area contributed by atoms with Crippen LogP contribution in [0.1, 0.15) is 42.7 Å². The number of aliphatic hydroxyl groups is 1. The van der Waals surface area contributed by atoms with Gasteiger partial charge < -0.3 is 15.6 Å². The number of benzene rings is 1. The first-order valence-electron chi connectivity index (χ1n) is 8.25. The molecule has 1 saturated heterocycles. The van der Waals surface area contributed by atoms with Gasteiger partial charge in [-0.3, -0.25) is 9.69 Å². The standard InChI is InChI=1S/C17H19FN2O4/c18-12-7-13-9(5-11(12)8-1-3-10(21)4-2-8)6-14-15(16(19)22)24-17(23)20(13)14/h5,7-8,10,14-15,21H,1-4,6H2,(H2,19,22)/t8?,10?,14-,15?/m0/s1. The molecule has 0 bridgehead atoms. The van der Waals surface area contributed by atoms with Gasteiger partial charge in [-0.1, -0.05) is 6.07 Å². The summed E-state index contributed by atoms with van der Waals surface area (Å²) >= 11 is 0. The highest BCUT2D eigenvalue weighted by atomic mass is 19.1. The summed E-state index contributed by atoms with van der Waals surface area (Å²) in [5, 5.41) is 9.62. The Labute approximate surface area is 138 Å². The lowest BCUT2D eigenvalue weighted by Gasteiger charge is -2.26. The molecule has 1 aromatic carbocycles. The topological polar surface area (TPSA) is 92.9 Å². The van der Waals surface area contributed by atoms with Crippen molar-refractivity contribution in [2.75, 3.05) is 4.90 Å². The van der Waals surface area contributed by atoms with E-state index in [1.165, 1.54) is 11.0 Å². The summed E-state index contributed by atoms with van der Waals surface area (Å²) in [4.78, 5) is 24.8. The number of rotatable bonds is 2. The van der Waals surface area contributed by atoms with Crippen molar-refractivity contribution in [3.8, 4) is 0 Å². The fraction of sp³-hybridized carbons (Fsp3) is 0.529. The molecule has 2 atom stereocenters. The molecule has 3 N–H and O–H groups in total. The molecule has 2 amide bonds. The zero-order valence-corrected chi connectivity index (χ0v) is 13.1. The van der Waals surface area contributed by atoms with Crippen LogP contribution in [0.2, 0.25) is 0 Å². The summed E-state index contributed by atoms with van der Waals surface area (Å²) in [6.45, 7) is 0. The number of halogens is 1. The van der Waals surface area contributed by atoms with Gasteiger partial charge in [-0.2, -0.15) is 0 Å². The van der Waals surface area contributed by atoms with Crippen LogP contribution in [0.25, 0.3) is 0 Å². The van der Waals surface area contributed by atoms with E-state index in [0.717, 1.165) is 18.4 Å². The highest BCUT2D eigenvalue weighted by Crippen LogP contribution is 2.43. The van der Waals surface area contributed by atoms with E-state index in [2.05, 4.69) is 0 Å². The van der Waals surface area contributed by atoms with E-state index in [4.69, 9.17) is 10.5 Å². The molecule has 0 aromatic heterocycles. The fourth-order valence-corrected chi connectivity index (χ4v) is 4.18. The molecule has 3 aliphatic rings. The number of primary amides is 1. The number of cyclic esters (lactones) is 1. The van der Waals surface area contributed by atoms with Crippen LogP contribution in [0.3, 0.4) is 0 Å². The molecule has 1 aromatic rings. The fourth-order valence-electron chi connectivity index (χ4n) is 4.18. The number of ether oxygens (including phenoxy) is 1. The number of carbonyl (C=O) groups is 2. The molecule has 2 heterocycles. The maximum Gasteiger partial charge on any atom is 0.415 e. The maximum atomic E-state index is 14.6. The molecule has 24 heavy (non-hydrogen) atoms. The molecule has 0 spiro atoms. The number of aliphatic hydroxyl groups excluding tert-OH is 1. The monoisotopic (exact) mass is 334 g/mol. The summed E-state index contributed by atoms with van der Waals surface area (Å²) in [5.41, 5.74) is 7.23. The number of fused-ring (bicyclic) bond motifs is 3. The third-order valence-electron chi connectivity index (χ3n) is 5.41. The Morgan fingerprint density at radius 2 is 2.00 bits per heavy atom. The first-order chi connectivity index (χ1) is 11.5. The third-order valence-corrected chi connectivity index (χ3v) is 5.41. The van der Waals surface area contributed by atoms with E-state index >= 15 is 0 Å². The Bertz CT molecular complexity index is 715. The third kappa shape index (κ3) is 2.26. The van der Waals surface area contributed by atoms with Gasteiger partial charge in [0.15, 0.2) is 0 Å². The van der Waals surface area contributed by atoms with Crippen LogP contribution in [0.15, 0.2) is 12.1 Å². The Morgan fingerprint density at radius 1 is 1.29 bits per heavy atom. The van der Waals surface area contributed by atoms with Crippen molar-refractivity contribution < 1.29 is 23.8 Å². The Kier molecular flexibility index (Phi) is 3.49. The second-order valence-corrected chi connectivity index (χ2v) is 6.86. The quantitative estimate of drug-likeness (QED) is 0.859. The van der Waals surface area contributed by atoms with Gasteiger partial charge in [0.1, 0.15) is 5.82 Å². The molecule has 1 saturated carbocycles. The van der Waals surface area contributed by atoms with Gasteiger partial charge in [-0.25, -0.2) is 9.18 Å². The second kappa shape index (κ2) is 5.44. The molecular weight excluding hydrogens is 315 g/mol. The summed E-state index contributed by atoms with van der Waals surface area (Å²) in [6, 6.07) is 2.67. The van der Waals surface area contributed by atoms with Crippen LogP contribution in [-0.2, 0) is 16.0 Å². The van der Waals surface area contributed by atoms with Crippen molar-refractivity contribution in [3.63, 3.8) is 0 Å². The Hall–Kier alpha value is -2.15. The molecular formula is C17H19FN2O4. The lowest BCUT2D eigenvalue weighted by molar-refractivity contribution is -0.125. The van der Waals surface area contributed by atoms with Crippen molar-refractivity contribution in [2.24, 2.45) is 5.73 Å². The molecule has 1 unspecified atom stereocenters. The predicted octanol–water partition coefficient (Wildman–Crippen LogP) is 1.58. The van der Waals surface area contributed by atoms with E-state index in [1.807, 2.05) is 0 Å². The number of amides is 2. The molecule has 7 heteroatoms. The minimum absolute atomic E-state index is 0.0769. The van der Waals surface area contributed by atoms with Gasteiger partial charge in [-0.05, 0) is 55.2 Å². The predicted molar refractivity (Wildman–Crippen MR) is 83.1 cm³/mol. The van der Waals surface area contributed by atoms with E-state index in [-0.39, 0.29) is 17.8 Å². The number of carbonyl (C=O) groups excluding carboxylic acids is 2. The van der Waals surface area contributed by atoms with Crippen molar-refractivity contribution in [2.45, 2.75) is 56.3 Å². The normalized spacial score (nSPS) is 31.6. The number of nitrogens with zero attached hydrogens (tertiary/aromatic N) is 1. The van der Waals surface area contributed by atoms with Gasteiger partial charge in [0, 0.05) is 0 Å². The first kappa shape index (κ1) is 15.4.